The Balaban J connectivity index is 1.82. The fourth-order valence-electron chi connectivity index (χ4n) is 1.98. The van der Waals surface area contributed by atoms with Gasteiger partial charge in [0.15, 0.2) is 0 Å². The summed E-state index contributed by atoms with van der Waals surface area (Å²) in [6, 6.07) is 7.61. The summed E-state index contributed by atoms with van der Waals surface area (Å²) >= 11 is 1.60. The maximum absolute atomic E-state index is 11.9. The lowest BCUT2D eigenvalue weighted by atomic mass is 10.2. The number of carbonyl (C=O) groups is 1. The van der Waals surface area contributed by atoms with Crippen molar-refractivity contribution in [3.05, 3.63) is 54.2 Å². The highest BCUT2D eigenvalue weighted by molar-refractivity contribution is 8.00. The van der Waals surface area contributed by atoms with E-state index in [0.717, 1.165) is 11.3 Å². The Morgan fingerprint density at radius 2 is 2.39 bits per heavy atom. The zero-order chi connectivity index (χ0) is 12.4. The largest absolute Gasteiger partial charge is 0.466 e. The normalized spacial score (nSPS) is 19.4. The Morgan fingerprint density at radius 3 is 3.11 bits per heavy atom. The van der Waals surface area contributed by atoms with Gasteiger partial charge < -0.3 is 9.32 Å². The van der Waals surface area contributed by atoms with Crippen molar-refractivity contribution in [2.45, 2.75) is 11.9 Å². The van der Waals surface area contributed by atoms with Gasteiger partial charge in [0.2, 0.25) is 5.91 Å². The van der Waals surface area contributed by atoms with Crippen LogP contribution in [0.15, 0.2) is 47.3 Å². The molecular formula is C13H12N2O2S. The van der Waals surface area contributed by atoms with E-state index in [4.69, 9.17) is 4.42 Å². The van der Waals surface area contributed by atoms with Crippen LogP contribution in [0.4, 0.5) is 0 Å². The Bertz CT molecular complexity index is 527. The topological polar surface area (TPSA) is 46.3 Å². The van der Waals surface area contributed by atoms with Crippen LogP contribution in [0.25, 0.3) is 0 Å². The number of furan rings is 1. The van der Waals surface area contributed by atoms with Crippen molar-refractivity contribution in [3.8, 4) is 0 Å². The van der Waals surface area contributed by atoms with Gasteiger partial charge in [-0.05, 0) is 23.8 Å². The van der Waals surface area contributed by atoms with Gasteiger partial charge in [-0.15, -0.1) is 11.8 Å². The fraction of sp³-hybridized carbons (Fsp3) is 0.231. The minimum absolute atomic E-state index is 0.0206. The summed E-state index contributed by atoms with van der Waals surface area (Å²) in [5, 5.41) is -0.0206. The minimum Gasteiger partial charge on any atom is -0.466 e. The van der Waals surface area contributed by atoms with Crippen molar-refractivity contribution >= 4 is 17.7 Å². The van der Waals surface area contributed by atoms with Crippen molar-refractivity contribution in [1.29, 1.82) is 0 Å². The van der Waals surface area contributed by atoms with Crippen LogP contribution in [0.2, 0.25) is 0 Å². The Kier molecular flexibility index (Phi) is 3.06. The third-order valence-corrected chi connectivity index (χ3v) is 4.05. The number of amides is 1. The zero-order valence-corrected chi connectivity index (χ0v) is 10.5. The van der Waals surface area contributed by atoms with Gasteiger partial charge in [-0.2, -0.15) is 0 Å². The van der Waals surface area contributed by atoms with E-state index in [1.807, 2.05) is 29.2 Å². The molecule has 1 aliphatic heterocycles. The molecule has 1 aliphatic rings. The number of rotatable bonds is 3. The number of pyridine rings is 1. The lowest BCUT2D eigenvalue weighted by Gasteiger charge is -2.22. The highest BCUT2D eigenvalue weighted by atomic mass is 32.2. The molecule has 2 aromatic heterocycles. The van der Waals surface area contributed by atoms with Crippen LogP contribution in [-0.2, 0) is 11.3 Å². The summed E-state index contributed by atoms with van der Waals surface area (Å²) in [6.45, 7) is 0.574. The smallest absolute Gasteiger partial charge is 0.234 e. The van der Waals surface area contributed by atoms with Crippen molar-refractivity contribution < 1.29 is 9.21 Å². The van der Waals surface area contributed by atoms with Crippen LogP contribution in [-0.4, -0.2) is 21.5 Å². The predicted octanol–water partition coefficient (Wildman–Crippen LogP) is 2.45. The van der Waals surface area contributed by atoms with Crippen molar-refractivity contribution in [3.63, 3.8) is 0 Å². The summed E-state index contributed by atoms with van der Waals surface area (Å²) in [5.74, 6) is 1.48. The minimum atomic E-state index is -0.0206. The van der Waals surface area contributed by atoms with E-state index in [-0.39, 0.29) is 11.3 Å². The summed E-state index contributed by atoms with van der Waals surface area (Å²) in [7, 11) is 0. The first-order valence-electron chi connectivity index (χ1n) is 5.68. The molecule has 2 aromatic rings. The van der Waals surface area contributed by atoms with Crippen LogP contribution >= 0.6 is 11.8 Å². The maximum atomic E-state index is 11.9. The lowest BCUT2D eigenvalue weighted by Crippen LogP contribution is -2.27. The van der Waals surface area contributed by atoms with E-state index in [1.54, 1.807) is 30.4 Å². The number of hydrogen-bond donors (Lipinski definition) is 0. The third-order valence-electron chi connectivity index (χ3n) is 2.83. The molecule has 3 rings (SSSR count). The van der Waals surface area contributed by atoms with Gasteiger partial charge in [-0.1, -0.05) is 6.07 Å². The van der Waals surface area contributed by atoms with Gasteiger partial charge in [0.1, 0.15) is 11.1 Å². The summed E-state index contributed by atoms with van der Waals surface area (Å²) < 4.78 is 5.40. The molecule has 0 saturated carbocycles. The fourth-order valence-corrected chi connectivity index (χ4v) is 3.12. The maximum Gasteiger partial charge on any atom is 0.234 e. The second-order valence-corrected chi connectivity index (χ2v) is 5.13. The van der Waals surface area contributed by atoms with Crippen LogP contribution in [0.1, 0.15) is 16.7 Å². The van der Waals surface area contributed by atoms with Crippen molar-refractivity contribution in [2.75, 3.05) is 5.75 Å². The number of aromatic nitrogens is 1. The molecule has 1 saturated heterocycles. The van der Waals surface area contributed by atoms with Crippen molar-refractivity contribution in [2.24, 2.45) is 0 Å². The molecule has 92 valence electrons. The molecule has 3 heterocycles. The van der Waals surface area contributed by atoms with E-state index in [9.17, 15) is 4.79 Å². The molecule has 0 aliphatic carbocycles. The molecule has 1 amide bonds. The number of nitrogens with zero attached hydrogens (tertiary/aromatic N) is 2. The Labute approximate surface area is 109 Å². The van der Waals surface area contributed by atoms with Crippen LogP contribution in [0.3, 0.4) is 0 Å². The Morgan fingerprint density at radius 1 is 1.44 bits per heavy atom. The molecule has 1 atom stereocenters. The molecule has 18 heavy (non-hydrogen) atoms. The quantitative estimate of drug-likeness (QED) is 0.850. The molecule has 4 nitrogen and oxygen atoms in total. The molecular weight excluding hydrogens is 248 g/mol. The van der Waals surface area contributed by atoms with Gasteiger partial charge in [0.25, 0.3) is 0 Å². The first-order chi connectivity index (χ1) is 8.84. The average Bonchev–Trinajstić information content (AvgIpc) is 3.02. The first kappa shape index (κ1) is 11.3. The van der Waals surface area contributed by atoms with Gasteiger partial charge in [-0.3, -0.25) is 9.78 Å². The third kappa shape index (κ3) is 2.13. The Hall–Kier alpha value is -1.75. The highest BCUT2D eigenvalue weighted by Crippen LogP contribution is 2.39. The zero-order valence-electron chi connectivity index (χ0n) is 9.65. The molecule has 0 radical (unpaired) electrons. The number of hydrogen-bond acceptors (Lipinski definition) is 4. The lowest BCUT2D eigenvalue weighted by molar-refractivity contribution is -0.128. The van der Waals surface area contributed by atoms with E-state index < -0.39 is 0 Å². The van der Waals surface area contributed by atoms with Gasteiger partial charge in [-0.25, -0.2) is 0 Å². The van der Waals surface area contributed by atoms with E-state index >= 15 is 0 Å². The summed E-state index contributed by atoms with van der Waals surface area (Å²) in [6.07, 6.45) is 5.16. The first-order valence-corrected chi connectivity index (χ1v) is 6.73. The monoisotopic (exact) mass is 260 g/mol. The summed E-state index contributed by atoms with van der Waals surface area (Å²) in [5.41, 5.74) is 1.03. The van der Waals surface area contributed by atoms with Crippen molar-refractivity contribution in [1.82, 2.24) is 9.88 Å². The molecule has 0 spiro atoms. The number of thioether (sulfide) groups is 1. The standard InChI is InChI=1S/C13H12N2O2S/c16-12-9-18-13(11-4-2-6-17-11)15(12)8-10-3-1-5-14-7-10/h1-7,13H,8-9H2. The van der Waals surface area contributed by atoms with E-state index in [2.05, 4.69) is 4.98 Å². The summed E-state index contributed by atoms with van der Waals surface area (Å²) in [4.78, 5) is 17.8. The van der Waals surface area contributed by atoms with Gasteiger partial charge in [0.05, 0.1) is 12.0 Å². The molecule has 1 unspecified atom stereocenters. The number of carbonyl (C=O) groups excluding carboxylic acids is 1. The second kappa shape index (κ2) is 4.86. The average molecular weight is 260 g/mol. The predicted molar refractivity (Wildman–Crippen MR) is 68.7 cm³/mol. The second-order valence-electron chi connectivity index (χ2n) is 4.06. The van der Waals surface area contributed by atoms with E-state index in [0.29, 0.717) is 12.3 Å². The molecule has 5 heteroatoms. The van der Waals surface area contributed by atoms with Gasteiger partial charge >= 0.3 is 0 Å². The SMILES string of the molecule is O=C1CSC(c2ccco2)N1Cc1cccnc1. The van der Waals surface area contributed by atoms with Gasteiger partial charge in [0, 0.05) is 18.9 Å². The molecule has 0 N–H and O–H groups in total. The molecule has 0 bridgehead atoms. The van der Waals surface area contributed by atoms with E-state index in [1.165, 1.54) is 0 Å². The van der Waals surface area contributed by atoms with Crippen LogP contribution in [0.5, 0.6) is 0 Å². The molecule has 0 aromatic carbocycles. The molecule has 1 fully saturated rings. The van der Waals surface area contributed by atoms with Crippen LogP contribution in [0, 0.1) is 0 Å². The highest BCUT2D eigenvalue weighted by Gasteiger charge is 2.34. The van der Waals surface area contributed by atoms with Crippen LogP contribution < -0.4 is 0 Å².